The minimum absolute atomic E-state index is 0.822. The second kappa shape index (κ2) is 5.62. The first-order valence-corrected chi connectivity index (χ1v) is 6.68. The Kier molecular flexibility index (Phi) is 3.51. The van der Waals surface area contributed by atoms with Gasteiger partial charge in [0.1, 0.15) is 0 Å². The van der Waals surface area contributed by atoms with Gasteiger partial charge < -0.3 is 5.73 Å². The highest BCUT2D eigenvalue weighted by atomic mass is 14.5. The van der Waals surface area contributed by atoms with Crippen LogP contribution in [-0.2, 0) is 0 Å². The highest BCUT2D eigenvalue weighted by molar-refractivity contribution is 5.80. The smallest absolute Gasteiger partial charge is 0.0313 e. The Morgan fingerprint density at radius 2 is 0.950 bits per heavy atom. The minimum atomic E-state index is 0.822. The molecule has 0 aromatic heterocycles. The zero-order chi connectivity index (χ0) is 13.8. The summed E-state index contributed by atoms with van der Waals surface area (Å²) in [5.41, 5.74) is 11.6. The van der Waals surface area contributed by atoms with Crippen LogP contribution < -0.4 is 5.73 Å². The van der Waals surface area contributed by atoms with Crippen molar-refractivity contribution < 1.29 is 0 Å². The van der Waals surface area contributed by atoms with Crippen LogP contribution in [-0.4, -0.2) is 0 Å². The van der Waals surface area contributed by atoms with Gasteiger partial charge in [0.25, 0.3) is 0 Å². The summed E-state index contributed by atoms with van der Waals surface area (Å²) in [6.07, 6.45) is 2.24. The maximum Gasteiger partial charge on any atom is 0.0313 e. The molecular weight excluding hydrogens is 242 g/mol. The van der Waals surface area contributed by atoms with Crippen molar-refractivity contribution in [3.8, 4) is 11.1 Å². The predicted octanol–water partition coefficient (Wildman–Crippen LogP) is 4.54. The van der Waals surface area contributed by atoms with Crippen LogP contribution in [0, 0.1) is 6.42 Å². The van der Waals surface area contributed by atoms with E-state index in [0.717, 1.165) is 5.69 Å². The molecule has 97 valence electrons. The third-order valence-electron chi connectivity index (χ3n) is 3.32. The van der Waals surface area contributed by atoms with Crippen LogP contribution in [0.2, 0.25) is 0 Å². The van der Waals surface area contributed by atoms with Gasteiger partial charge in [0.15, 0.2) is 0 Å². The lowest BCUT2D eigenvalue weighted by atomic mass is 10.1. The summed E-state index contributed by atoms with van der Waals surface area (Å²) in [6.45, 7) is 0. The number of hydrogen-bond acceptors (Lipinski definition) is 1. The molecule has 20 heavy (non-hydrogen) atoms. The number of para-hydroxylation sites is 1. The van der Waals surface area contributed by atoms with E-state index in [1.807, 2.05) is 30.3 Å². The zero-order valence-electron chi connectivity index (χ0n) is 11.2. The average molecular weight is 258 g/mol. The zero-order valence-corrected chi connectivity index (χ0v) is 11.2. The molecule has 0 heterocycles. The Morgan fingerprint density at radius 3 is 1.40 bits per heavy atom. The molecule has 0 saturated heterocycles. The van der Waals surface area contributed by atoms with Gasteiger partial charge in [-0.05, 0) is 34.4 Å². The molecular formula is C19H16N. The first kappa shape index (κ1) is 12.5. The number of fused-ring (bicyclic) bond motifs is 3. The minimum Gasteiger partial charge on any atom is -0.399 e. The van der Waals surface area contributed by atoms with Crippen molar-refractivity contribution >= 4 is 5.69 Å². The third kappa shape index (κ3) is 2.57. The summed E-state index contributed by atoms with van der Waals surface area (Å²) < 4.78 is 0. The van der Waals surface area contributed by atoms with Crippen molar-refractivity contribution in [3.63, 3.8) is 0 Å². The largest absolute Gasteiger partial charge is 0.399 e. The van der Waals surface area contributed by atoms with Crippen LogP contribution in [0.4, 0.5) is 5.69 Å². The van der Waals surface area contributed by atoms with Crippen molar-refractivity contribution in [1.29, 1.82) is 0 Å². The van der Waals surface area contributed by atoms with Gasteiger partial charge in [-0.2, -0.15) is 0 Å². The summed E-state index contributed by atoms with van der Waals surface area (Å²) in [4.78, 5) is 0. The number of rotatable bonds is 0. The van der Waals surface area contributed by atoms with E-state index in [9.17, 15) is 0 Å². The van der Waals surface area contributed by atoms with Crippen molar-refractivity contribution in [2.45, 2.75) is 0 Å². The average Bonchev–Trinajstić information content (AvgIpc) is 2.87. The molecule has 0 unspecified atom stereocenters. The lowest BCUT2D eigenvalue weighted by molar-refractivity contribution is 1.54. The lowest BCUT2D eigenvalue weighted by Crippen LogP contribution is -1.79. The molecule has 0 spiro atoms. The molecule has 1 aliphatic rings. The van der Waals surface area contributed by atoms with Crippen LogP contribution >= 0.6 is 0 Å². The molecule has 3 aromatic carbocycles. The van der Waals surface area contributed by atoms with Crippen LogP contribution in [0.5, 0.6) is 0 Å². The molecule has 3 aromatic rings. The number of benzene rings is 3. The normalized spacial score (nSPS) is 11.0. The van der Waals surface area contributed by atoms with Crippen molar-refractivity contribution in [2.75, 3.05) is 5.73 Å². The fourth-order valence-electron chi connectivity index (χ4n) is 2.36. The summed E-state index contributed by atoms with van der Waals surface area (Å²) >= 11 is 0. The summed E-state index contributed by atoms with van der Waals surface area (Å²) in [7, 11) is 0. The Bertz CT molecular complexity index is 658. The fraction of sp³-hybridized carbons (Fsp3) is 0. The Balaban J connectivity index is 0.000000147. The molecule has 0 atom stereocenters. The van der Waals surface area contributed by atoms with Gasteiger partial charge in [-0.3, -0.25) is 0 Å². The predicted molar refractivity (Wildman–Crippen MR) is 85.2 cm³/mol. The summed E-state index contributed by atoms with van der Waals surface area (Å²) in [5.74, 6) is 0. The molecule has 1 aliphatic carbocycles. The topological polar surface area (TPSA) is 26.0 Å². The molecule has 0 aliphatic heterocycles. The van der Waals surface area contributed by atoms with Crippen LogP contribution in [0.3, 0.4) is 0 Å². The fourth-order valence-corrected chi connectivity index (χ4v) is 2.36. The first-order valence-electron chi connectivity index (χ1n) is 6.68. The number of anilines is 1. The van der Waals surface area contributed by atoms with Gasteiger partial charge >= 0.3 is 0 Å². The Labute approximate surface area is 119 Å². The third-order valence-corrected chi connectivity index (χ3v) is 3.32. The van der Waals surface area contributed by atoms with E-state index in [2.05, 4.69) is 55.0 Å². The second-order valence-corrected chi connectivity index (χ2v) is 4.73. The van der Waals surface area contributed by atoms with Crippen LogP contribution in [0.15, 0.2) is 78.9 Å². The monoisotopic (exact) mass is 258 g/mol. The van der Waals surface area contributed by atoms with Gasteiger partial charge in [0.05, 0.1) is 0 Å². The van der Waals surface area contributed by atoms with Crippen LogP contribution in [0.1, 0.15) is 11.1 Å². The highest BCUT2D eigenvalue weighted by Crippen LogP contribution is 2.36. The van der Waals surface area contributed by atoms with Gasteiger partial charge in [-0.15, -0.1) is 0 Å². The summed E-state index contributed by atoms with van der Waals surface area (Å²) in [6, 6.07) is 26.5. The molecule has 0 saturated carbocycles. The molecule has 1 radical (unpaired) electrons. The molecule has 2 N–H and O–H groups in total. The standard InChI is InChI=1S/C13H9.C6H7N/c1-3-7-12-10(5-1)9-11-6-2-4-8-13(11)12;7-6-4-2-1-3-5-6/h1-9H;1-5H,7H2. The van der Waals surface area contributed by atoms with Gasteiger partial charge in [-0.25, -0.2) is 0 Å². The van der Waals surface area contributed by atoms with Crippen molar-refractivity contribution in [3.05, 3.63) is 96.4 Å². The quantitative estimate of drug-likeness (QED) is 0.460. The maximum atomic E-state index is 5.36. The first-order chi connectivity index (χ1) is 9.84. The van der Waals surface area contributed by atoms with Crippen molar-refractivity contribution in [2.24, 2.45) is 0 Å². The SMILES string of the molecule is Nc1ccccc1.[CH]1c2ccccc2-c2ccccc21. The van der Waals surface area contributed by atoms with Gasteiger partial charge in [0.2, 0.25) is 0 Å². The molecule has 1 heteroatoms. The lowest BCUT2D eigenvalue weighted by Gasteiger charge is -1.97. The van der Waals surface area contributed by atoms with Gasteiger partial charge in [-0.1, -0.05) is 66.7 Å². The molecule has 0 amide bonds. The molecule has 0 bridgehead atoms. The Hall–Kier alpha value is -2.54. The van der Waals surface area contributed by atoms with E-state index in [1.165, 1.54) is 22.3 Å². The van der Waals surface area contributed by atoms with Gasteiger partial charge in [0, 0.05) is 12.1 Å². The van der Waals surface area contributed by atoms with E-state index in [-0.39, 0.29) is 0 Å². The van der Waals surface area contributed by atoms with E-state index in [1.54, 1.807) is 0 Å². The number of nitrogens with two attached hydrogens (primary N) is 1. The molecule has 1 nitrogen and oxygen atoms in total. The molecule has 0 fully saturated rings. The summed E-state index contributed by atoms with van der Waals surface area (Å²) in [5, 5.41) is 0. The van der Waals surface area contributed by atoms with E-state index < -0.39 is 0 Å². The van der Waals surface area contributed by atoms with Crippen LogP contribution in [0.25, 0.3) is 11.1 Å². The maximum absolute atomic E-state index is 5.36. The second-order valence-electron chi connectivity index (χ2n) is 4.73. The van der Waals surface area contributed by atoms with Crippen molar-refractivity contribution in [1.82, 2.24) is 0 Å². The number of nitrogen functional groups attached to an aromatic ring is 1. The van der Waals surface area contributed by atoms with E-state index in [4.69, 9.17) is 5.73 Å². The molecule has 4 rings (SSSR count). The Morgan fingerprint density at radius 1 is 0.500 bits per heavy atom. The van der Waals surface area contributed by atoms with E-state index >= 15 is 0 Å². The van der Waals surface area contributed by atoms with E-state index in [0.29, 0.717) is 0 Å². The highest BCUT2D eigenvalue weighted by Gasteiger charge is 2.16. The number of hydrogen-bond donors (Lipinski definition) is 1.